The van der Waals surface area contributed by atoms with E-state index >= 15 is 0 Å². The lowest BCUT2D eigenvalue weighted by molar-refractivity contribution is -0.00620. The van der Waals surface area contributed by atoms with Crippen molar-refractivity contribution in [3.05, 3.63) is 32.1 Å². The highest BCUT2D eigenvalue weighted by Crippen LogP contribution is 2.28. The number of nitrogens with zero attached hydrogens (tertiary/aromatic N) is 5. The Labute approximate surface area is 203 Å². The lowest BCUT2D eigenvalue weighted by atomic mass is 10.0. The molecule has 0 spiro atoms. The maximum Gasteiger partial charge on any atom is 0.410 e. The summed E-state index contributed by atoms with van der Waals surface area (Å²) >= 11 is 2.12. The highest BCUT2D eigenvalue weighted by Gasteiger charge is 2.35. The monoisotopic (exact) mass is 555 g/mol. The van der Waals surface area contributed by atoms with Crippen molar-refractivity contribution >= 4 is 39.6 Å². The molecule has 32 heavy (non-hydrogen) atoms. The van der Waals surface area contributed by atoms with Gasteiger partial charge in [-0.1, -0.05) is 13.3 Å². The molecule has 2 atom stereocenters. The van der Waals surface area contributed by atoms with Crippen LogP contribution in [0.5, 0.6) is 0 Å². The van der Waals surface area contributed by atoms with Crippen molar-refractivity contribution in [3.63, 3.8) is 0 Å². The summed E-state index contributed by atoms with van der Waals surface area (Å²) in [5, 5.41) is 0.605. The second-order valence-electron chi connectivity index (χ2n) is 9.37. The van der Waals surface area contributed by atoms with Gasteiger partial charge in [0.05, 0.1) is 23.1 Å². The molecule has 0 unspecified atom stereocenters. The van der Waals surface area contributed by atoms with Crippen molar-refractivity contribution in [1.29, 1.82) is 0 Å². The van der Waals surface area contributed by atoms with Crippen molar-refractivity contribution in [2.75, 3.05) is 19.6 Å². The van der Waals surface area contributed by atoms with Crippen LogP contribution in [0.25, 0.3) is 10.9 Å². The predicted octanol–water partition coefficient (Wildman–Crippen LogP) is 4.20. The molecule has 1 aliphatic heterocycles. The smallest absolute Gasteiger partial charge is 0.410 e. The van der Waals surface area contributed by atoms with E-state index < -0.39 is 5.60 Å². The van der Waals surface area contributed by atoms with Gasteiger partial charge in [-0.15, -0.1) is 0 Å². The fourth-order valence-electron chi connectivity index (χ4n) is 4.29. The van der Waals surface area contributed by atoms with Crippen LogP contribution in [0, 0.1) is 3.70 Å². The van der Waals surface area contributed by atoms with E-state index in [9.17, 15) is 9.59 Å². The third-order valence-electron chi connectivity index (χ3n) is 5.74. The summed E-state index contributed by atoms with van der Waals surface area (Å²) in [5.41, 5.74) is 0.0996. The second kappa shape index (κ2) is 10.0. The molecule has 8 nitrogen and oxygen atoms in total. The van der Waals surface area contributed by atoms with Gasteiger partial charge < -0.3 is 9.64 Å². The van der Waals surface area contributed by atoms with Crippen LogP contribution in [0.15, 0.2) is 17.1 Å². The number of pyridine rings is 1. The molecule has 1 aliphatic rings. The van der Waals surface area contributed by atoms with Crippen LogP contribution in [0.1, 0.15) is 66.3 Å². The minimum atomic E-state index is -0.517. The lowest BCUT2D eigenvalue weighted by Crippen LogP contribution is -2.56. The Morgan fingerprint density at radius 2 is 2.03 bits per heavy atom. The average molecular weight is 555 g/mol. The number of fused-ring (bicyclic) bond motifs is 1. The Hall–Kier alpha value is -1.75. The number of aromatic nitrogens is 3. The van der Waals surface area contributed by atoms with Crippen LogP contribution < -0.4 is 5.56 Å². The van der Waals surface area contributed by atoms with Gasteiger partial charge in [-0.25, -0.2) is 14.8 Å². The predicted molar refractivity (Wildman–Crippen MR) is 134 cm³/mol. The summed E-state index contributed by atoms with van der Waals surface area (Å²) in [7, 11) is 0. The molecule has 0 saturated carbocycles. The van der Waals surface area contributed by atoms with E-state index in [-0.39, 0.29) is 23.7 Å². The molecule has 3 heterocycles. The molecule has 1 saturated heterocycles. The average Bonchev–Trinajstić information content (AvgIpc) is 2.71. The highest BCUT2D eigenvalue weighted by molar-refractivity contribution is 14.1. The van der Waals surface area contributed by atoms with E-state index in [0.29, 0.717) is 37.1 Å². The first-order chi connectivity index (χ1) is 15.1. The normalized spacial score (nSPS) is 18.7. The molecule has 3 rings (SSSR count). The fraction of sp³-hybridized carbons (Fsp3) is 0.652. The summed E-state index contributed by atoms with van der Waals surface area (Å²) in [6.07, 6.45) is 3.27. The van der Waals surface area contributed by atoms with Crippen LogP contribution in [0.3, 0.4) is 0 Å². The van der Waals surface area contributed by atoms with E-state index in [2.05, 4.69) is 39.4 Å². The van der Waals surface area contributed by atoms with Gasteiger partial charge in [0.25, 0.3) is 5.56 Å². The Kier molecular flexibility index (Phi) is 7.80. The molecule has 0 aromatic carbocycles. The standard InChI is InChI=1S/C23H34IN5O3/c1-7-9-18(27-10-11-29(15(3)14-27)22(31)32-23(4,5)6)20-26-17-13-25-19(24)12-16(17)21(30)28(20)8-2/h12-13,15,18H,7-11,14H2,1-6H3/t15-,18-/m1/s1. The van der Waals surface area contributed by atoms with Gasteiger partial charge in [-0.2, -0.15) is 0 Å². The number of amides is 1. The summed E-state index contributed by atoms with van der Waals surface area (Å²) in [4.78, 5) is 39.3. The second-order valence-corrected chi connectivity index (χ2v) is 10.5. The molecule has 2 aromatic rings. The van der Waals surface area contributed by atoms with Gasteiger partial charge >= 0.3 is 6.09 Å². The van der Waals surface area contributed by atoms with Crippen LogP contribution in [-0.2, 0) is 11.3 Å². The first-order valence-electron chi connectivity index (χ1n) is 11.3. The quantitative estimate of drug-likeness (QED) is 0.407. The topological polar surface area (TPSA) is 80.6 Å². The van der Waals surface area contributed by atoms with Crippen molar-refractivity contribution in [2.45, 2.75) is 78.6 Å². The molecule has 176 valence electrons. The molecule has 0 bridgehead atoms. The van der Waals surface area contributed by atoms with E-state index in [4.69, 9.17) is 9.72 Å². The molecule has 0 radical (unpaired) electrons. The summed E-state index contributed by atoms with van der Waals surface area (Å²) in [6.45, 7) is 14.4. The maximum absolute atomic E-state index is 13.3. The number of halogens is 1. The van der Waals surface area contributed by atoms with Crippen LogP contribution in [0.2, 0.25) is 0 Å². The highest BCUT2D eigenvalue weighted by atomic mass is 127. The first-order valence-corrected chi connectivity index (χ1v) is 12.4. The lowest BCUT2D eigenvalue weighted by Gasteiger charge is -2.43. The van der Waals surface area contributed by atoms with E-state index in [1.165, 1.54) is 0 Å². The Morgan fingerprint density at radius 3 is 2.62 bits per heavy atom. The van der Waals surface area contributed by atoms with E-state index in [1.807, 2.05) is 34.6 Å². The minimum Gasteiger partial charge on any atom is -0.444 e. The third kappa shape index (κ3) is 5.41. The van der Waals surface area contributed by atoms with Gasteiger partial charge in [0.1, 0.15) is 15.1 Å². The zero-order chi connectivity index (χ0) is 23.6. The SMILES string of the molecule is CCC[C@H](c1nc2cnc(I)cc2c(=O)n1CC)N1CCN(C(=O)OC(C)(C)C)[C@H](C)C1. The molecule has 0 N–H and O–H groups in total. The summed E-state index contributed by atoms with van der Waals surface area (Å²) in [6, 6.07) is 1.81. The zero-order valence-electron chi connectivity index (χ0n) is 19.9. The van der Waals surface area contributed by atoms with Crippen molar-refractivity contribution in [1.82, 2.24) is 24.3 Å². The largest absolute Gasteiger partial charge is 0.444 e. The van der Waals surface area contributed by atoms with Crippen LogP contribution >= 0.6 is 22.6 Å². The fourth-order valence-corrected chi connectivity index (χ4v) is 4.74. The number of rotatable bonds is 5. The Balaban J connectivity index is 1.93. The van der Waals surface area contributed by atoms with Crippen LogP contribution in [0.4, 0.5) is 4.79 Å². The Bertz CT molecular complexity index is 1030. The molecule has 1 fully saturated rings. The summed E-state index contributed by atoms with van der Waals surface area (Å²) in [5.74, 6) is 0.785. The van der Waals surface area contributed by atoms with Gasteiger partial charge in [0.15, 0.2) is 0 Å². The van der Waals surface area contributed by atoms with Gasteiger partial charge in [-0.3, -0.25) is 14.3 Å². The van der Waals surface area contributed by atoms with E-state index in [1.54, 1.807) is 21.7 Å². The number of ether oxygens (including phenoxy) is 1. The molecule has 2 aromatic heterocycles. The van der Waals surface area contributed by atoms with Crippen molar-refractivity contribution in [3.8, 4) is 0 Å². The Morgan fingerprint density at radius 1 is 1.31 bits per heavy atom. The number of carbonyl (C=O) groups is 1. The van der Waals surface area contributed by atoms with Gasteiger partial charge in [0, 0.05) is 32.2 Å². The molecular formula is C23H34IN5O3. The molecule has 1 amide bonds. The van der Waals surface area contributed by atoms with Crippen LogP contribution in [-0.4, -0.2) is 61.7 Å². The van der Waals surface area contributed by atoms with Gasteiger partial charge in [-0.05, 0) is 69.7 Å². The molecular weight excluding hydrogens is 521 g/mol. The maximum atomic E-state index is 13.3. The number of hydrogen-bond acceptors (Lipinski definition) is 6. The first kappa shape index (κ1) is 24.9. The van der Waals surface area contributed by atoms with Crippen molar-refractivity contribution in [2.24, 2.45) is 0 Å². The molecule has 9 heteroatoms. The number of piperazine rings is 1. The van der Waals surface area contributed by atoms with Crippen molar-refractivity contribution < 1.29 is 9.53 Å². The van der Waals surface area contributed by atoms with Gasteiger partial charge in [0.2, 0.25) is 0 Å². The molecule has 0 aliphatic carbocycles. The number of hydrogen-bond donors (Lipinski definition) is 0. The van der Waals surface area contributed by atoms with E-state index in [0.717, 1.165) is 22.4 Å². The summed E-state index contributed by atoms with van der Waals surface area (Å²) < 4.78 is 8.16. The third-order valence-corrected chi connectivity index (χ3v) is 6.33. The minimum absolute atomic E-state index is 0.000403. The zero-order valence-corrected chi connectivity index (χ0v) is 22.0. The number of carbonyl (C=O) groups excluding carboxylic acids is 1.